The fraction of sp³-hybridized carbons (Fsp3) is 0.538. The van der Waals surface area contributed by atoms with Gasteiger partial charge in [0.1, 0.15) is 0 Å². The molecule has 0 aliphatic carbocycles. The molecule has 18 heavy (non-hydrogen) atoms. The third kappa shape index (κ3) is 3.77. The molecule has 0 heterocycles. The highest BCUT2D eigenvalue weighted by Gasteiger charge is 2.25. The molecule has 0 saturated carbocycles. The van der Waals surface area contributed by atoms with E-state index in [0.717, 1.165) is 10.0 Å². The Balaban J connectivity index is 0.00000289. The molecule has 0 aliphatic heterocycles. The lowest BCUT2D eigenvalue weighted by Gasteiger charge is -2.28. The van der Waals surface area contributed by atoms with Crippen LogP contribution >= 0.6 is 28.3 Å². The standard InChI is InChI=1S/C13H20BrNO2.ClH/c1-13(2,3)12(15)8-6-10(16-4)11(17-5)7-9(8)14;/h6-7,12H,15H2,1-5H3;1H/t12-;/m0./s1. The second-order valence-corrected chi connectivity index (χ2v) is 5.93. The Morgan fingerprint density at radius 2 is 1.56 bits per heavy atom. The number of methoxy groups -OCH3 is 2. The van der Waals surface area contributed by atoms with Crippen molar-refractivity contribution in [2.45, 2.75) is 26.8 Å². The lowest BCUT2D eigenvalue weighted by Crippen LogP contribution is -2.26. The van der Waals surface area contributed by atoms with E-state index in [0.29, 0.717) is 11.5 Å². The molecule has 3 nitrogen and oxygen atoms in total. The van der Waals surface area contributed by atoms with Crippen molar-refractivity contribution in [1.82, 2.24) is 0 Å². The summed E-state index contributed by atoms with van der Waals surface area (Å²) >= 11 is 3.53. The predicted octanol–water partition coefficient (Wildman–Crippen LogP) is 3.93. The van der Waals surface area contributed by atoms with Crippen LogP contribution in [-0.2, 0) is 0 Å². The van der Waals surface area contributed by atoms with Gasteiger partial charge in [0.05, 0.1) is 14.2 Å². The molecule has 0 spiro atoms. The van der Waals surface area contributed by atoms with Crippen molar-refractivity contribution in [1.29, 1.82) is 0 Å². The minimum atomic E-state index is -0.0725. The van der Waals surface area contributed by atoms with Crippen LogP contribution in [0.2, 0.25) is 0 Å². The van der Waals surface area contributed by atoms with Crippen LogP contribution in [-0.4, -0.2) is 14.2 Å². The highest BCUT2D eigenvalue weighted by Crippen LogP contribution is 2.40. The lowest BCUT2D eigenvalue weighted by molar-refractivity contribution is 0.321. The topological polar surface area (TPSA) is 44.5 Å². The number of hydrogen-bond donors (Lipinski definition) is 1. The quantitative estimate of drug-likeness (QED) is 0.908. The summed E-state index contributed by atoms with van der Waals surface area (Å²) in [6.07, 6.45) is 0. The SMILES string of the molecule is COc1cc(Br)c([C@H](N)C(C)(C)C)cc1OC.Cl. The molecule has 0 radical (unpaired) electrons. The van der Waals surface area contributed by atoms with E-state index in [9.17, 15) is 0 Å². The Labute approximate surface area is 124 Å². The van der Waals surface area contributed by atoms with E-state index in [1.165, 1.54) is 0 Å². The number of ether oxygens (including phenoxy) is 2. The van der Waals surface area contributed by atoms with Gasteiger partial charge in [0.2, 0.25) is 0 Å². The molecule has 0 aliphatic rings. The number of nitrogens with two attached hydrogens (primary N) is 1. The van der Waals surface area contributed by atoms with E-state index < -0.39 is 0 Å². The van der Waals surface area contributed by atoms with Gasteiger partial charge in [0, 0.05) is 10.5 Å². The molecule has 0 fully saturated rings. The molecule has 1 aromatic rings. The molecule has 0 saturated heterocycles. The predicted molar refractivity (Wildman–Crippen MR) is 80.9 cm³/mol. The van der Waals surface area contributed by atoms with Crippen molar-refractivity contribution in [3.05, 3.63) is 22.2 Å². The molecule has 1 aromatic carbocycles. The van der Waals surface area contributed by atoms with E-state index in [1.807, 2.05) is 12.1 Å². The molecule has 2 N–H and O–H groups in total. The minimum Gasteiger partial charge on any atom is -0.493 e. The van der Waals surface area contributed by atoms with Crippen LogP contribution in [0.1, 0.15) is 32.4 Å². The van der Waals surface area contributed by atoms with E-state index in [2.05, 4.69) is 36.7 Å². The third-order valence-corrected chi connectivity index (χ3v) is 3.46. The summed E-state index contributed by atoms with van der Waals surface area (Å²) in [6.45, 7) is 6.34. The summed E-state index contributed by atoms with van der Waals surface area (Å²) in [7, 11) is 3.24. The summed E-state index contributed by atoms with van der Waals surface area (Å²) < 4.78 is 11.5. The first-order valence-corrected chi connectivity index (χ1v) is 6.27. The van der Waals surface area contributed by atoms with Gasteiger partial charge < -0.3 is 15.2 Å². The van der Waals surface area contributed by atoms with Crippen LogP contribution in [0, 0.1) is 5.41 Å². The maximum Gasteiger partial charge on any atom is 0.161 e. The number of benzene rings is 1. The Morgan fingerprint density at radius 1 is 1.11 bits per heavy atom. The Kier molecular flexibility index (Phi) is 6.47. The Morgan fingerprint density at radius 3 is 1.94 bits per heavy atom. The van der Waals surface area contributed by atoms with Gasteiger partial charge >= 0.3 is 0 Å². The summed E-state index contributed by atoms with van der Waals surface area (Å²) in [6, 6.07) is 3.75. The van der Waals surface area contributed by atoms with Crippen molar-refractivity contribution in [3.8, 4) is 11.5 Å². The number of rotatable bonds is 3. The molecular formula is C13H21BrClNO2. The molecule has 0 unspecified atom stereocenters. The largest absolute Gasteiger partial charge is 0.493 e. The number of hydrogen-bond acceptors (Lipinski definition) is 3. The van der Waals surface area contributed by atoms with Gasteiger partial charge in [0.15, 0.2) is 11.5 Å². The molecule has 1 rings (SSSR count). The highest BCUT2D eigenvalue weighted by molar-refractivity contribution is 9.10. The summed E-state index contributed by atoms with van der Waals surface area (Å²) in [4.78, 5) is 0. The second kappa shape index (κ2) is 6.64. The van der Waals surface area contributed by atoms with E-state index in [1.54, 1.807) is 14.2 Å². The average Bonchev–Trinajstić information content (AvgIpc) is 2.26. The molecule has 0 bridgehead atoms. The fourth-order valence-corrected chi connectivity index (χ4v) is 2.14. The Hall–Kier alpha value is -0.450. The van der Waals surface area contributed by atoms with E-state index in [-0.39, 0.29) is 23.9 Å². The molecule has 104 valence electrons. The maximum atomic E-state index is 6.26. The summed E-state index contributed by atoms with van der Waals surface area (Å²) in [5.74, 6) is 1.40. The van der Waals surface area contributed by atoms with Crippen LogP contribution in [0.4, 0.5) is 0 Å². The first-order chi connectivity index (χ1) is 7.81. The van der Waals surface area contributed by atoms with Gasteiger partial charge in [-0.15, -0.1) is 12.4 Å². The molecule has 5 heteroatoms. The molecule has 0 amide bonds. The monoisotopic (exact) mass is 337 g/mol. The van der Waals surface area contributed by atoms with Crippen LogP contribution in [0.5, 0.6) is 11.5 Å². The maximum absolute atomic E-state index is 6.26. The van der Waals surface area contributed by atoms with E-state index in [4.69, 9.17) is 15.2 Å². The zero-order valence-electron chi connectivity index (χ0n) is 11.4. The normalized spacial score (nSPS) is 12.6. The van der Waals surface area contributed by atoms with Gasteiger partial charge in [-0.25, -0.2) is 0 Å². The van der Waals surface area contributed by atoms with Gasteiger partial charge in [-0.2, -0.15) is 0 Å². The zero-order chi connectivity index (χ0) is 13.2. The van der Waals surface area contributed by atoms with E-state index >= 15 is 0 Å². The molecular weight excluding hydrogens is 318 g/mol. The lowest BCUT2D eigenvalue weighted by atomic mass is 9.83. The van der Waals surface area contributed by atoms with Gasteiger partial charge in [0.25, 0.3) is 0 Å². The third-order valence-electron chi connectivity index (χ3n) is 2.77. The first-order valence-electron chi connectivity index (χ1n) is 5.48. The van der Waals surface area contributed by atoms with Crippen LogP contribution in [0.25, 0.3) is 0 Å². The van der Waals surface area contributed by atoms with Crippen molar-refractivity contribution < 1.29 is 9.47 Å². The minimum absolute atomic E-state index is 0. The zero-order valence-corrected chi connectivity index (χ0v) is 13.8. The Bertz CT molecular complexity index is 405. The summed E-state index contributed by atoms with van der Waals surface area (Å²) in [5, 5.41) is 0. The van der Waals surface area contributed by atoms with Crippen molar-refractivity contribution >= 4 is 28.3 Å². The number of halogens is 2. The van der Waals surface area contributed by atoms with Crippen LogP contribution in [0.15, 0.2) is 16.6 Å². The highest BCUT2D eigenvalue weighted by atomic mass is 79.9. The van der Waals surface area contributed by atoms with Crippen LogP contribution in [0.3, 0.4) is 0 Å². The van der Waals surface area contributed by atoms with Crippen LogP contribution < -0.4 is 15.2 Å². The average molecular weight is 339 g/mol. The van der Waals surface area contributed by atoms with Crippen molar-refractivity contribution in [3.63, 3.8) is 0 Å². The smallest absolute Gasteiger partial charge is 0.161 e. The molecule has 1 atom stereocenters. The van der Waals surface area contributed by atoms with Gasteiger partial charge in [-0.05, 0) is 23.1 Å². The second-order valence-electron chi connectivity index (χ2n) is 5.07. The van der Waals surface area contributed by atoms with Gasteiger partial charge in [-0.3, -0.25) is 0 Å². The molecule has 0 aromatic heterocycles. The first kappa shape index (κ1) is 17.6. The van der Waals surface area contributed by atoms with Gasteiger partial charge in [-0.1, -0.05) is 36.7 Å². The van der Waals surface area contributed by atoms with Crippen molar-refractivity contribution in [2.75, 3.05) is 14.2 Å². The summed E-state index contributed by atoms with van der Waals surface area (Å²) in [5.41, 5.74) is 7.27. The fourth-order valence-electron chi connectivity index (χ4n) is 1.57. The van der Waals surface area contributed by atoms with Crippen molar-refractivity contribution in [2.24, 2.45) is 11.1 Å².